The molecule has 1 aromatic rings. The summed E-state index contributed by atoms with van der Waals surface area (Å²) in [5.41, 5.74) is 2.87. The Balaban J connectivity index is 2.71. The van der Waals surface area contributed by atoms with Crippen LogP contribution in [0.3, 0.4) is 0 Å². The molecule has 0 aliphatic carbocycles. The second-order valence-corrected chi connectivity index (χ2v) is 5.84. The minimum Gasteiger partial charge on any atom is -0.493 e. The minimum atomic E-state index is -0.795. The number of aliphatic carboxylic acids is 1. The molecule has 3 heteroatoms. The first-order valence-electron chi connectivity index (χ1n) is 7.92. The maximum absolute atomic E-state index is 10.8. The summed E-state index contributed by atoms with van der Waals surface area (Å²) < 4.78 is 5.98. The fraction of sp³-hybridized carbons (Fsp3) is 0.611. The van der Waals surface area contributed by atoms with Gasteiger partial charge in [0.15, 0.2) is 0 Å². The quantitative estimate of drug-likeness (QED) is 0.727. The second-order valence-electron chi connectivity index (χ2n) is 5.84. The first kappa shape index (κ1) is 17.5. The number of hydrogen-bond donors (Lipinski definition) is 1. The highest BCUT2D eigenvalue weighted by atomic mass is 16.5. The van der Waals surface area contributed by atoms with Crippen LogP contribution in [0, 0.1) is 19.8 Å². The fourth-order valence-electron chi connectivity index (χ4n) is 2.46. The van der Waals surface area contributed by atoms with Crippen LogP contribution in [0.2, 0.25) is 0 Å². The van der Waals surface area contributed by atoms with E-state index < -0.39 is 5.97 Å². The maximum Gasteiger partial charge on any atom is 0.307 e. The van der Waals surface area contributed by atoms with Crippen molar-refractivity contribution in [2.24, 2.45) is 5.92 Å². The predicted octanol–water partition coefficient (Wildman–Crippen LogP) is 4.53. The van der Waals surface area contributed by atoms with E-state index in [4.69, 9.17) is 9.84 Å². The summed E-state index contributed by atoms with van der Waals surface area (Å²) in [6, 6.07) is 3.91. The predicted molar refractivity (Wildman–Crippen MR) is 86.1 cm³/mol. The van der Waals surface area contributed by atoms with E-state index in [0.717, 1.165) is 35.5 Å². The summed E-state index contributed by atoms with van der Waals surface area (Å²) in [6.45, 7) is 9.08. The molecule has 1 aromatic carbocycles. The van der Waals surface area contributed by atoms with E-state index >= 15 is 0 Å². The smallest absolute Gasteiger partial charge is 0.307 e. The van der Waals surface area contributed by atoms with Crippen molar-refractivity contribution in [3.8, 4) is 5.75 Å². The van der Waals surface area contributed by atoms with Gasteiger partial charge in [0.05, 0.1) is 13.0 Å². The Labute approximate surface area is 128 Å². The van der Waals surface area contributed by atoms with E-state index in [1.54, 1.807) is 0 Å². The van der Waals surface area contributed by atoms with Gasteiger partial charge >= 0.3 is 5.97 Å². The molecular weight excluding hydrogens is 264 g/mol. The van der Waals surface area contributed by atoms with E-state index in [9.17, 15) is 4.79 Å². The highest BCUT2D eigenvalue weighted by molar-refractivity contribution is 5.71. The molecule has 0 amide bonds. The Hall–Kier alpha value is -1.51. The summed E-state index contributed by atoms with van der Waals surface area (Å²) in [7, 11) is 0. The first-order chi connectivity index (χ1) is 9.97. The highest BCUT2D eigenvalue weighted by Gasteiger charge is 2.11. The van der Waals surface area contributed by atoms with E-state index in [1.807, 2.05) is 26.0 Å². The zero-order chi connectivity index (χ0) is 15.8. The van der Waals surface area contributed by atoms with Crippen LogP contribution >= 0.6 is 0 Å². The third-order valence-electron chi connectivity index (χ3n) is 3.99. The molecule has 1 rings (SSSR count). The van der Waals surface area contributed by atoms with Gasteiger partial charge < -0.3 is 9.84 Å². The van der Waals surface area contributed by atoms with Gasteiger partial charge in [-0.2, -0.15) is 0 Å². The van der Waals surface area contributed by atoms with Gasteiger partial charge in [-0.05, 0) is 48.9 Å². The fourth-order valence-corrected chi connectivity index (χ4v) is 2.46. The molecular formula is C18H28O3. The average Bonchev–Trinajstić information content (AvgIpc) is 2.43. The van der Waals surface area contributed by atoms with E-state index in [1.165, 1.54) is 19.3 Å². The molecule has 1 atom stereocenters. The summed E-state index contributed by atoms with van der Waals surface area (Å²) >= 11 is 0. The van der Waals surface area contributed by atoms with Crippen molar-refractivity contribution in [2.45, 2.75) is 59.8 Å². The van der Waals surface area contributed by atoms with Crippen LogP contribution in [0.4, 0.5) is 0 Å². The topological polar surface area (TPSA) is 46.5 Å². The normalized spacial score (nSPS) is 12.2. The Kier molecular flexibility index (Phi) is 7.27. The molecule has 0 radical (unpaired) electrons. The Morgan fingerprint density at radius 3 is 2.52 bits per heavy atom. The van der Waals surface area contributed by atoms with Gasteiger partial charge in [0, 0.05) is 0 Å². The Morgan fingerprint density at radius 2 is 1.95 bits per heavy atom. The molecule has 1 unspecified atom stereocenters. The molecule has 0 bridgehead atoms. The molecule has 118 valence electrons. The zero-order valence-corrected chi connectivity index (χ0v) is 13.7. The van der Waals surface area contributed by atoms with Crippen LogP contribution in [0.5, 0.6) is 5.75 Å². The molecule has 0 saturated heterocycles. The third-order valence-corrected chi connectivity index (χ3v) is 3.99. The van der Waals surface area contributed by atoms with Crippen LogP contribution in [0.25, 0.3) is 0 Å². The highest BCUT2D eigenvalue weighted by Crippen LogP contribution is 2.25. The SMILES string of the molecule is CCCCC(CC)COc1cc(C)c(CC(=O)O)cc1C. The second kappa shape index (κ2) is 8.71. The molecule has 3 nitrogen and oxygen atoms in total. The van der Waals surface area contributed by atoms with Gasteiger partial charge in [-0.1, -0.05) is 39.2 Å². The molecule has 0 fully saturated rings. The number of aryl methyl sites for hydroxylation is 2. The minimum absolute atomic E-state index is 0.0705. The third kappa shape index (κ3) is 5.78. The van der Waals surface area contributed by atoms with Gasteiger partial charge in [0.25, 0.3) is 0 Å². The molecule has 0 saturated carbocycles. The van der Waals surface area contributed by atoms with Crippen molar-refractivity contribution in [3.63, 3.8) is 0 Å². The van der Waals surface area contributed by atoms with Crippen LogP contribution in [-0.2, 0) is 11.2 Å². The number of carboxylic acid groups (broad SMARTS) is 1. The molecule has 0 aliphatic heterocycles. The summed E-state index contributed by atoms with van der Waals surface area (Å²) in [4.78, 5) is 10.8. The molecule has 0 aliphatic rings. The van der Waals surface area contributed by atoms with Gasteiger partial charge in [-0.25, -0.2) is 0 Å². The van der Waals surface area contributed by atoms with Crippen molar-refractivity contribution in [1.29, 1.82) is 0 Å². The average molecular weight is 292 g/mol. The van der Waals surface area contributed by atoms with Crippen molar-refractivity contribution >= 4 is 5.97 Å². The van der Waals surface area contributed by atoms with Gasteiger partial charge in [0.1, 0.15) is 5.75 Å². The van der Waals surface area contributed by atoms with E-state index in [0.29, 0.717) is 5.92 Å². The van der Waals surface area contributed by atoms with E-state index in [2.05, 4.69) is 13.8 Å². The largest absolute Gasteiger partial charge is 0.493 e. The molecule has 0 heterocycles. The van der Waals surface area contributed by atoms with Gasteiger partial charge in [-0.15, -0.1) is 0 Å². The summed E-state index contributed by atoms with van der Waals surface area (Å²) in [5.74, 6) is 0.691. The van der Waals surface area contributed by atoms with Crippen molar-refractivity contribution in [1.82, 2.24) is 0 Å². The lowest BCUT2D eigenvalue weighted by Crippen LogP contribution is -2.12. The standard InChI is InChI=1S/C18H28O3/c1-5-7-8-15(6-2)12-21-17-10-13(3)16(9-14(17)4)11-18(19)20/h9-10,15H,5-8,11-12H2,1-4H3,(H,19,20). The van der Waals surface area contributed by atoms with Gasteiger partial charge in [-0.3, -0.25) is 4.79 Å². The zero-order valence-electron chi connectivity index (χ0n) is 13.7. The van der Waals surface area contributed by atoms with Gasteiger partial charge in [0.2, 0.25) is 0 Å². The number of hydrogen-bond acceptors (Lipinski definition) is 2. The number of carbonyl (C=O) groups is 1. The number of rotatable bonds is 9. The first-order valence-corrected chi connectivity index (χ1v) is 7.92. The lowest BCUT2D eigenvalue weighted by atomic mass is 10.00. The summed E-state index contributed by atoms with van der Waals surface area (Å²) in [6.07, 6.45) is 4.88. The number of carboxylic acids is 1. The number of unbranched alkanes of at least 4 members (excludes halogenated alkanes) is 1. The van der Waals surface area contributed by atoms with Crippen LogP contribution < -0.4 is 4.74 Å². The van der Waals surface area contributed by atoms with Crippen molar-refractivity contribution < 1.29 is 14.6 Å². The van der Waals surface area contributed by atoms with Crippen LogP contribution in [0.15, 0.2) is 12.1 Å². The van der Waals surface area contributed by atoms with Crippen LogP contribution in [0.1, 0.15) is 56.2 Å². The van der Waals surface area contributed by atoms with E-state index in [-0.39, 0.29) is 6.42 Å². The number of benzene rings is 1. The lowest BCUT2D eigenvalue weighted by molar-refractivity contribution is -0.136. The monoisotopic (exact) mass is 292 g/mol. The molecule has 0 spiro atoms. The Bertz CT molecular complexity index is 466. The number of ether oxygens (including phenoxy) is 1. The summed E-state index contributed by atoms with van der Waals surface area (Å²) in [5, 5.41) is 8.91. The van der Waals surface area contributed by atoms with Crippen molar-refractivity contribution in [2.75, 3.05) is 6.61 Å². The van der Waals surface area contributed by atoms with Crippen LogP contribution in [-0.4, -0.2) is 17.7 Å². The molecule has 21 heavy (non-hydrogen) atoms. The maximum atomic E-state index is 10.8. The lowest BCUT2D eigenvalue weighted by Gasteiger charge is -2.18. The van der Waals surface area contributed by atoms with Crippen molar-refractivity contribution in [3.05, 3.63) is 28.8 Å². The molecule has 1 N–H and O–H groups in total. The molecule has 0 aromatic heterocycles. The Morgan fingerprint density at radius 1 is 1.24 bits per heavy atom.